The first-order chi connectivity index (χ1) is 10.1. The Morgan fingerprint density at radius 3 is 2.52 bits per heavy atom. The van der Waals surface area contributed by atoms with Crippen LogP contribution in [0.3, 0.4) is 0 Å². The molecule has 3 nitrogen and oxygen atoms in total. The van der Waals surface area contributed by atoms with E-state index in [1.54, 1.807) is 18.4 Å². The van der Waals surface area contributed by atoms with E-state index in [-0.39, 0.29) is 5.91 Å². The Bertz CT molecular complexity index is 527. The number of fused-ring (bicyclic) bond motifs is 1. The highest BCUT2D eigenvalue weighted by Crippen LogP contribution is 2.41. The number of carbonyl (C=O) groups is 1. The van der Waals surface area contributed by atoms with Crippen LogP contribution in [0.4, 0.5) is 0 Å². The number of hydrogen-bond donors (Lipinski definition) is 0. The molecule has 1 fully saturated rings. The average molecular weight is 307 g/mol. The van der Waals surface area contributed by atoms with Gasteiger partial charge in [0.05, 0.1) is 7.11 Å². The van der Waals surface area contributed by atoms with E-state index in [9.17, 15) is 4.79 Å². The van der Waals surface area contributed by atoms with Gasteiger partial charge in [-0.15, -0.1) is 11.3 Å². The van der Waals surface area contributed by atoms with Crippen molar-refractivity contribution in [2.75, 3.05) is 20.2 Å². The Morgan fingerprint density at radius 1 is 1.19 bits per heavy atom. The number of carbonyl (C=O) groups excluding carboxylic acids is 1. The number of methoxy groups -OCH3 is 1. The molecule has 1 saturated heterocycles. The van der Waals surface area contributed by atoms with Crippen LogP contribution in [-0.4, -0.2) is 31.0 Å². The van der Waals surface area contributed by atoms with E-state index in [4.69, 9.17) is 4.74 Å². The summed E-state index contributed by atoms with van der Waals surface area (Å²) in [7, 11) is 1.70. The molecule has 0 saturated carbocycles. The molecule has 2 aliphatic rings. The first kappa shape index (κ1) is 14.9. The molecule has 1 aliphatic carbocycles. The van der Waals surface area contributed by atoms with Crippen LogP contribution in [0.1, 0.15) is 53.2 Å². The summed E-state index contributed by atoms with van der Waals surface area (Å²) in [6.45, 7) is 6.25. The number of thiophene rings is 1. The maximum atomic E-state index is 12.9. The zero-order valence-corrected chi connectivity index (χ0v) is 14.1. The second kappa shape index (κ2) is 5.99. The predicted molar refractivity (Wildman–Crippen MR) is 86.4 cm³/mol. The summed E-state index contributed by atoms with van der Waals surface area (Å²) in [6.07, 6.45) is 5.85. The number of aryl methyl sites for hydroxylation is 1. The van der Waals surface area contributed by atoms with Gasteiger partial charge in [-0.25, -0.2) is 0 Å². The van der Waals surface area contributed by atoms with Crippen LogP contribution in [-0.2, 0) is 12.8 Å². The van der Waals surface area contributed by atoms with Crippen LogP contribution < -0.4 is 4.74 Å². The van der Waals surface area contributed by atoms with Gasteiger partial charge in [0, 0.05) is 23.5 Å². The van der Waals surface area contributed by atoms with Crippen LogP contribution in [0.5, 0.6) is 5.75 Å². The molecule has 3 rings (SSSR count). The van der Waals surface area contributed by atoms with Gasteiger partial charge in [0.2, 0.25) is 0 Å². The number of likely N-dealkylation sites (tertiary alicyclic amines) is 1. The molecule has 21 heavy (non-hydrogen) atoms. The van der Waals surface area contributed by atoms with E-state index >= 15 is 0 Å². The summed E-state index contributed by atoms with van der Waals surface area (Å²) < 4.78 is 5.61. The molecule has 4 heteroatoms. The minimum atomic E-state index is 0.185. The summed E-state index contributed by atoms with van der Waals surface area (Å²) in [5.74, 6) is 2.24. The normalized spacial score (nSPS) is 25.6. The second-order valence-corrected chi connectivity index (χ2v) is 7.83. The Morgan fingerprint density at radius 2 is 1.86 bits per heavy atom. The minimum absolute atomic E-state index is 0.185. The number of hydrogen-bond acceptors (Lipinski definition) is 3. The van der Waals surface area contributed by atoms with E-state index < -0.39 is 0 Å². The quantitative estimate of drug-likeness (QED) is 0.832. The number of ether oxygens (including phenoxy) is 1. The highest BCUT2D eigenvalue weighted by molar-refractivity contribution is 7.14. The largest absolute Gasteiger partial charge is 0.495 e. The number of piperidine rings is 1. The molecule has 1 aliphatic heterocycles. The molecule has 1 aromatic heterocycles. The van der Waals surface area contributed by atoms with Gasteiger partial charge in [0.25, 0.3) is 5.91 Å². The van der Waals surface area contributed by atoms with Gasteiger partial charge in [-0.05, 0) is 43.9 Å². The summed E-state index contributed by atoms with van der Waals surface area (Å²) >= 11 is 1.67. The molecule has 1 aromatic rings. The van der Waals surface area contributed by atoms with Crippen molar-refractivity contribution in [2.24, 2.45) is 11.8 Å². The van der Waals surface area contributed by atoms with E-state index in [0.717, 1.165) is 36.6 Å². The topological polar surface area (TPSA) is 29.5 Å². The molecular formula is C17H25NO2S. The zero-order chi connectivity index (χ0) is 15.0. The highest BCUT2D eigenvalue weighted by atomic mass is 32.1. The van der Waals surface area contributed by atoms with E-state index in [2.05, 4.69) is 13.8 Å². The Balaban J connectivity index is 1.89. The summed E-state index contributed by atoms with van der Waals surface area (Å²) in [6, 6.07) is 0. The minimum Gasteiger partial charge on any atom is -0.495 e. The Hall–Kier alpha value is -1.03. The van der Waals surface area contributed by atoms with Crippen LogP contribution in [0.15, 0.2) is 0 Å². The van der Waals surface area contributed by atoms with Crippen molar-refractivity contribution < 1.29 is 9.53 Å². The molecule has 1 amide bonds. The fourth-order valence-corrected chi connectivity index (χ4v) is 5.19. The molecule has 2 unspecified atom stereocenters. The summed E-state index contributed by atoms with van der Waals surface area (Å²) in [5.41, 5.74) is 1.30. The first-order valence-corrected chi connectivity index (χ1v) is 8.89. The third-order valence-corrected chi connectivity index (χ3v) is 5.94. The molecule has 2 heterocycles. The van der Waals surface area contributed by atoms with Crippen molar-refractivity contribution in [3.05, 3.63) is 15.3 Å². The highest BCUT2D eigenvalue weighted by Gasteiger charge is 2.31. The van der Waals surface area contributed by atoms with Crippen molar-refractivity contribution >= 4 is 17.2 Å². The lowest BCUT2D eigenvalue weighted by atomic mass is 9.91. The maximum absolute atomic E-state index is 12.9. The fraction of sp³-hybridized carbons (Fsp3) is 0.706. The van der Waals surface area contributed by atoms with Crippen molar-refractivity contribution in [1.82, 2.24) is 4.90 Å². The molecule has 0 bridgehead atoms. The van der Waals surface area contributed by atoms with Gasteiger partial charge in [-0.3, -0.25) is 4.79 Å². The third-order valence-electron chi connectivity index (χ3n) is 4.68. The van der Waals surface area contributed by atoms with Gasteiger partial charge in [-0.1, -0.05) is 13.8 Å². The van der Waals surface area contributed by atoms with Crippen LogP contribution >= 0.6 is 11.3 Å². The fourth-order valence-electron chi connectivity index (χ4n) is 3.87. The van der Waals surface area contributed by atoms with Gasteiger partial charge in [-0.2, -0.15) is 0 Å². The van der Waals surface area contributed by atoms with Crippen molar-refractivity contribution in [2.45, 2.75) is 46.0 Å². The lowest BCUT2D eigenvalue weighted by molar-refractivity contribution is 0.0625. The van der Waals surface area contributed by atoms with Crippen LogP contribution in [0.2, 0.25) is 0 Å². The van der Waals surface area contributed by atoms with E-state index in [0.29, 0.717) is 11.8 Å². The van der Waals surface area contributed by atoms with Gasteiger partial charge >= 0.3 is 0 Å². The Labute approximate surface area is 131 Å². The molecule has 0 spiro atoms. The number of nitrogens with zero attached hydrogens (tertiary/aromatic N) is 1. The summed E-state index contributed by atoms with van der Waals surface area (Å²) in [4.78, 5) is 17.2. The van der Waals surface area contributed by atoms with Crippen molar-refractivity contribution in [3.63, 3.8) is 0 Å². The molecule has 2 atom stereocenters. The number of rotatable bonds is 2. The third kappa shape index (κ3) is 2.83. The molecule has 116 valence electrons. The second-order valence-electron chi connectivity index (χ2n) is 6.73. The van der Waals surface area contributed by atoms with Crippen molar-refractivity contribution in [3.8, 4) is 5.75 Å². The smallest absolute Gasteiger partial charge is 0.267 e. The predicted octanol–water partition coefficient (Wildman–Crippen LogP) is 3.75. The van der Waals surface area contributed by atoms with Gasteiger partial charge in [0.15, 0.2) is 0 Å². The van der Waals surface area contributed by atoms with Gasteiger partial charge in [0.1, 0.15) is 10.6 Å². The van der Waals surface area contributed by atoms with E-state index in [1.165, 1.54) is 29.7 Å². The first-order valence-electron chi connectivity index (χ1n) is 8.08. The zero-order valence-electron chi connectivity index (χ0n) is 13.3. The Kier molecular flexibility index (Phi) is 4.25. The summed E-state index contributed by atoms with van der Waals surface area (Å²) in [5, 5.41) is 0. The average Bonchev–Trinajstić information content (AvgIpc) is 2.83. The van der Waals surface area contributed by atoms with Crippen LogP contribution in [0, 0.1) is 11.8 Å². The maximum Gasteiger partial charge on any atom is 0.267 e. The van der Waals surface area contributed by atoms with Crippen LogP contribution in [0.25, 0.3) is 0 Å². The molecule has 0 N–H and O–H groups in total. The molecule has 0 aromatic carbocycles. The van der Waals surface area contributed by atoms with Crippen molar-refractivity contribution in [1.29, 1.82) is 0 Å². The number of amides is 1. The molecular weight excluding hydrogens is 282 g/mol. The van der Waals surface area contributed by atoms with E-state index in [1.807, 2.05) is 4.90 Å². The lowest BCUT2D eigenvalue weighted by Gasteiger charge is -2.34. The SMILES string of the molecule is COc1c(C(=O)N2CC(C)CC(C)C2)sc2c1CCCC2. The monoisotopic (exact) mass is 307 g/mol. The lowest BCUT2D eigenvalue weighted by Crippen LogP contribution is -2.42. The standard InChI is InChI=1S/C17H25NO2S/c1-11-8-12(2)10-18(9-11)17(19)16-15(20-3)13-6-4-5-7-14(13)21-16/h11-12H,4-10H2,1-3H3. The molecule has 0 radical (unpaired) electrons. The van der Waals surface area contributed by atoms with Gasteiger partial charge < -0.3 is 9.64 Å².